The predicted molar refractivity (Wildman–Crippen MR) is 60.7 cm³/mol. The van der Waals surface area contributed by atoms with E-state index < -0.39 is 0 Å². The Balaban J connectivity index is 1.65. The molecule has 0 spiro atoms. The van der Waals surface area contributed by atoms with Crippen LogP contribution in [0.15, 0.2) is 35.3 Å². The Kier molecular flexibility index (Phi) is 3.86. The topological polar surface area (TPSA) is 38.7 Å². The van der Waals surface area contributed by atoms with Crippen molar-refractivity contribution in [3.8, 4) is 0 Å². The van der Waals surface area contributed by atoms with E-state index in [1.807, 2.05) is 18.2 Å². The third-order valence-corrected chi connectivity index (χ3v) is 2.94. The molecule has 1 fully saturated rings. The van der Waals surface area contributed by atoms with Gasteiger partial charge in [0.1, 0.15) is 0 Å². The maximum atomic E-state index is 9.92. The second-order valence-electron chi connectivity index (χ2n) is 4.19. The summed E-state index contributed by atoms with van der Waals surface area (Å²) in [5.41, 5.74) is 1.21. The number of nitrogens with zero attached hydrogens (tertiary/aromatic N) is 1. The lowest BCUT2D eigenvalue weighted by Crippen LogP contribution is -2.32. The van der Waals surface area contributed by atoms with Crippen molar-refractivity contribution in [2.45, 2.75) is 25.6 Å². The average molecular weight is 217 g/mol. The van der Waals surface area contributed by atoms with E-state index in [4.69, 9.17) is 4.74 Å². The van der Waals surface area contributed by atoms with E-state index in [0.29, 0.717) is 25.2 Å². The second kappa shape index (κ2) is 5.59. The van der Waals surface area contributed by atoms with Crippen molar-refractivity contribution >= 4 is 6.08 Å². The van der Waals surface area contributed by atoms with Gasteiger partial charge in [0.15, 0.2) is 0 Å². The fourth-order valence-corrected chi connectivity index (χ4v) is 1.91. The number of rotatable bonds is 5. The van der Waals surface area contributed by atoms with Crippen LogP contribution < -0.4 is 0 Å². The normalized spacial score (nSPS) is 23.2. The number of hydrogen-bond donors (Lipinski definition) is 0. The molecule has 3 heteroatoms. The Morgan fingerprint density at radius 2 is 2.06 bits per heavy atom. The first kappa shape index (κ1) is 11.1. The Hall–Kier alpha value is -1.44. The highest BCUT2D eigenvalue weighted by Crippen LogP contribution is 2.30. The largest absolute Gasteiger partial charge is 0.374 e. The highest BCUT2D eigenvalue weighted by atomic mass is 16.5. The molecular formula is C13H15NO2. The molecule has 0 heterocycles. The highest BCUT2D eigenvalue weighted by molar-refractivity contribution is 5.32. The van der Waals surface area contributed by atoms with Crippen LogP contribution in [0.2, 0.25) is 0 Å². The van der Waals surface area contributed by atoms with Crippen molar-refractivity contribution in [1.82, 2.24) is 0 Å². The third kappa shape index (κ3) is 3.02. The van der Waals surface area contributed by atoms with Gasteiger partial charge in [-0.05, 0) is 24.3 Å². The van der Waals surface area contributed by atoms with Crippen molar-refractivity contribution in [2.75, 3.05) is 6.54 Å². The smallest absolute Gasteiger partial charge is 0.234 e. The van der Waals surface area contributed by atoms with Crippen molar-refractivity contribution in [1.29, 1.82) is 0 Å². The molecule has 1 aliphatic carbocycles. The Labute approximate surface area is 95.2 Å². The Morgan fingerprint density at radius 1 is 1.31 bits per heavy atom. The molecule has 0 atom stereocenters. The summed E-state index contributed by atoms with van der Waals surface area (Å²) in [5.74, 6) is 0.516. The molecule has 0 aromatic heterocycles. The molecule has 1 saturated carbocycles. The third-order valence-electron chi connectivity index (χ3n) is 2.94. The first-order chi connectivity index (χ1) is 7.88. The van der Waals surface area contributed by atoms with Crippen LogP contribution in [0.25, 0.3) is 0 Å². The highest BCUT2D eigenvalue weighted by Gasteiger charge is 2.29. The van der Waals surface area contributed by atoms with Crippen molar-refractivity contribution in [3.63, 3.8) is 0 Å². The lowest BCUT2D eigenvalue weighted by atomic mass is 9.82. The van der Waals surface area contributed by atoms with E-state index in [9.17, 15) is 4.79 Å². The summed E-state index contributed by atoms with van der Waals surface area (Å²) in [6.07, 6.45) is 3.94. The predicted octanol–water partition coefficient (Wildman–Crippen LogP) is 2.32. The minimum atomic E-state index is 0.340. The molecule has 1 aromatic carbocycles. The van der Waals surface area contributed by atoms with E-state index in [1.54, 1.807) is 6.08 Å². The lowest BCUT2D eigenvalue weighted by Gasteiger charge is -2.33. The summed E-state index contributed by atoms with van der Waals surface area (Å²) in [6.45, 7) is 1.28. The van der Waals surface area contributed by atoms with Crippen LogP contribution in [0.5, 0.6) is 0 Å². The van der Waals surface area contributed by atoms with Crippen molar-refractivity contribution < 1.29 is 9.53 Å². The van der Waals surface area contributed by atoms with Gasteiger partial charge in [0.05, 0.1) is 19.3 Å². The molecule has 1 aliphatic rings. The number of ether oxygens (including phenoxy) is 1. The van der Waals surface area contributed by atoms with E-state index in [0.717, 1.165) is 12.8 Å². The maximum absolute atomic E-state index is 9.92. The summed E-state index contributed by atoms with van der Waals surface area (Å²) >= 11 is 0. The summed E-state index contributed by atoms with van der Waals surface area (Å²) in [5, 5.41) is 0. The number of isocyanates is 1. The van der Waals surface area contributed by atoms with Gasteiger partial charge in [-0.3, -0.25) is 0 Å². The molecule has 0 unspecified atom stereocenters. The minimum Gasteiger partial charge on any atom is -0.374 e. The molecule has 0 N–H and O–H groups in total. The number of benzene rings is 1. The molecule has 1 aromatic rings. The summed E-state index contributed by atoms with van der Waals surface area (Å²) in [4.78, 5) is 13.5. The fraction of sp³-hybridized carbons (Fsp3) is 0.462. The van der Waals surface area contributed by atoms with Gasteiger partial charge in [0.2, 0.25) is 6.08 Å². The Morgan fingerprint density at radius 3 is 2.75 bits per heavy atom. The van der Waals surface area contributed by atoms with Gasteiger partial charge in [0.25, 0.3) is 0 Å². The monoisotopic (exact) mass is 217 g/mol. The van der Waals surface area contributed by atoms with E-state index in [1.165, 1.54) is 5.56 Å². The number of carbonyl (C=O) groups excluding carboxylic acids is 1. The van der Waals surface area contributed by atoms with Gasteiger partial charge in [-0.1, -0.05) is 30.3 Å². The van der Waals surface area contributed by atoms with Crippen LogP contribution >= 0.6 is 0 Å². The first-order valence-electron chi connectivity index (χ1n) is 5.57. The minimum absolute atomic E-state index is 0.340. The van der Waals surface area contributed by atoms with Crippen LogP contribution in [-0.4, -0.2) is 18.7 Å². The van der Waals surface area contributed by atoms with Gasteiger partial charge in [-0.15, -0.1) is 0 Å². The number of aliphatic imine (C=N–C) groups is 1. The molecule has 0 saturated heterocycles. The molecular weight excluding hydrogens is 202 g/mol. The van der Waals surface area contributed by atoms with Gasteiger partial charge < -0.3 is 4.74 Å². The van der Waals surface area contributed by atoms with Crippen molar-refractivity contribution in [3.05, 3.63) is 35.9 Å². The first-order valence-corrected chi connectivity index (χ1v) is 5.57. The standard InChI is InChI=1S/C13H15NO2/c15-10-14-8-12-6-13(7-12)16-9-11-4-2-1-3-5-11/h1-5,12-13H,6-9H2. The van der Waals surface area contributed by atoms with Gasteiger partial charge >= 0.3 is 0 Å². The fourth-order valence-electron chi connectivity index (χ4n) is 1.91. The molecule has 0 bridgehead atoms. The van der Waals surface area contributed by atoms with E-state index >= 15 is 0 Å². The molecule has 0 aliphatic heterocycles. The van der Waals surface area contributed by atoms with Gasteiger partial charge in [-0.2, -0.15) is 0 Å². The van der Waals surface area contributed by atoms with Crippen LogP contribution in [-0.2, 0) is 16.1 Å². The molecule has 3 nitrogen and oxygen atoms in total. The zero-order chi connectivity index (χ0) is 11.2. The molecule has 0 amide bonds. The van der Waals surface area contributed by atoms with Crippen LogP contribution in [0.4, 0.5) is 0 Å². The summed E-state index contributed by atoms with van der Waals surface area (Å²) in [6, 6.07) is 10.2. The summed E-state index contributed by atoms with van der Waals surface area (Å²) < 4.78 is 5.73. The van der Waals surface area contributed by atoms with Gasteiger partial charge in [0, 0.05) is 0 Å². The zero-order valence-corrected chi connectivity index (χ0v) is 9.13. The maximum Gasteiger partial charge on any atom is 0.234 e. The molecule has 0 radical (unpaired) electrons. The van der Waals surface area contributed by atoms with Crippen LogP contribution in [0, 0.1) is 5.92 Å². The SMILES string of the molecule is O=C=NCC1CC(OCc2ccccc2)C1. The zero-order valence-electron chi connectivity index (χ0n) is 9.13. The molecule has 16 heavy (non-hydrogen) atoms. The van der Waals surface area contributed by atoms with Crippen molar-refractivity contribution in [2.24, 2.45) is 10.9 Å². The lowest BCUT2D eigenvalue weighted by molar-refractivity contribution is -0.0374. The van der Waals surface area contributed by atoms with E-state index in [2.05, 4.69) is 17.1 Å². The quantitative estimate of drug-likeness (QED) is 0.560. The molecule has 84 valence electrons. The van der Waals surface area contributed by atoms with Crippen LogP contribution in [0.1, 0.15) is 18.4 Å². The summed E-state index contributed by atoms with van der Waals surface area (Å²) in [7, 11) is 0. The van der Waals surface area contributed by atoms with E-state index in [-0.39, 0.29) is 0 Å². The average Bonchev–Trinajstić information content (AvgIpc) is 2.28. The molecule has 2 rings (SSSR count). The number of hydrogen-bond acceptors (Lipinski definition) is 3. The van der Waals surface area contributed by atoms with Gasteiger partial charge in [-0.25, -0.2) is 9.79 Å². The second-order valence-corrected chi connectivity index (χ2v) is 4.19. The van der Waals surface area contributed by atoms with Crippen LogP contribution in [0.3, 0.4) is 0 Å². The Bertz CT molecular complexity index is 365.